The van der Waals surface area contributed by atoms with Crippen LogP contribution >= 0.6 is 11.6 Å². The van der Waals surface area contributed by atoms with Crippen LogP contribution in [0.4, 0.5) is 0 Å². The fourth-order valence-electron chi connectivity index (χ4n) is 2.80. The Balaban J connectivity index is 2.16. The van der Waals surface area contributed by atoms with Gasteiger partial charge in [-0.05, 0) is 43.1 Å². The molecule has 0 spiro atoms. The third-order valence-corrected chi connectivity index (χ3v) is 4.10. The van der Waals surface area contributed by atoms with E-state index in [1.54, 1.807) is 0 Å². The van der Waals surface area contributed by atoms with Gasteiger partial charge in [-0.3, -0.25) is 0 Å². The molecule has 1 nitrogen and oxygen atoms in total. The Morgan fingerprint density at radius 1 is 0.850 bits per heavy atom. The zero-order valence-electron chi connectivity index (χ0n) is 11.4. The van der Waals surface area contributed by atoms with E-state index in [1.807, 2.05) is 12.1 Å². The van der Waals surface area contributed by atoms with Crippen molar-refractivity contribution in [1.29, 1.82) is 0 Å². The molecule has 1 heterocycles. The lowest BCUT2D eigenvalue weighted by Gasteiger charge is -2.21. The monoisotopic (exact) mass is 283 g/mol. The molecular formula is C18H18ClN. The van der Waals surface area contributed by atoms with E-state index in [0.29, 0.717) is 0 Å². The van der Waals surface area contributed by atoms with Gasteiger partial charge < -0.3 is 5.32 Å². The first-order valence-electron chi connectivity index (χ1n) is 7.09. The maximum absolute atomic E-state index is 6.44. The van der Waals surface area contributed by atoms with Gasteiger partial charge in [-0.25, -0.2) is 0 Å². The highest BCUT2D eigenvalue weighted by Crippen LogP contribution is 2.34. The molecule has 0 unspecified atom stereocenters. The lowest BCUT2D eigenvalue weighted by atomic mass is 9.89. The van der Waals surface area contributed by atoms with Crippen molar-refractivity contribution in [2.24, 2.45) is 0 Å². The van der Waals surface area contributed by atoms with Gasteiger partial charge in [0.05, 0.1) is 0 Å². The molecule has 0 atom stereocenters. The van der Waals surface area contributed by atoms with E-state index in [-0.39, 0.29) is 0 Å². The first-order chi connectivity index (χ1) is 9.86. The number of rotatable bonds is 2. The fraction of sp³-hybridized carbons (Fsp3) is 0.222. The molecule has 1 fully saturated rings. The van der Waals surface area contributed by atoms with Crippen LogP contribution in [0.15, 0.2) is 60.2 Å². The lowest BCUT2D eigenvalue weighted by Crippen LogP contribution is -2.23. The summed E-state index contributed by atoms with van der Waals surface area (Å²) in [6, 6.07) is 18.7. The number of hydrogen-bond donors (Lipinski definition) is 1. The lowest BCUT2D eigenvalue weighted by molar-refractivity contribution is 0.611. The minimum Gasteiger partial charge on any atom is -0.316 e. The molecule has 0 aliphatic carbocycles. The molecule has 1 aliphatic heterocycles. The van der Waals surface area contributed by atoms with Gasteiger partial charge in [0.1, 0.15) is 0 Å². The van der Waals surface area contributed by atoms with Crippen molar-refractivity contribution in [3.63, 3.8) is 0 Å². The Bertz CT molecular complexity index is 608. The minimum atomic E-state index is 0.831. The Kier molecular flexibility index (Phi) is 4.19. The molecule has 1 aliphatic rings. The molecule has 102 valence electrons. The van der Waals surface area contributed by atoms with E-state index in [2.05, 4.69) is 47.8 Å². The average molecular weight is 284 g/mol. The number of benzene rings is 2. The first-order valence-corrected chi connectivity index (χ1v) is 7.47. The van der Waals surface area contributed by atoms with Gasteiger partial charge in [0, 0.05) is 10.6 Å². The number of piperidine rings is 1. The summed E-state index contributed by atoms with van der Waals surface area (Å²) in [6.07, 6.45) is 2.19. The Labute approximate surface area is 125 Å². The summed E-state index contributed by atoms with van der Waals surface area (Å²) in [5.41, 5.74) is 5.23. The van der Waals surface area contributed by atoms with Gasteiger partial charge in [-0.1, -0.05) is 65.7 Å². The molecule has 0 bridgehead atoms. The maximum Gasteiger partial charge on any atom is 0.0484 e. The van der Waals surface area contributed by atoms with Crippen molar-refractivity contribution in [1.82, 2.24) is 5.32 Å². The zero-order chi connectivity index (χ0) is 13.8. The van der Waals surface area contributed by atoms with E-state index in [9.17, 15) is 0 Å². The van der Waals surface area contributed by atoms with Crippen LogP contribution in [0.1, 0.15) is 24.0 Å². The summed E-state index contributed by atoms with van der Waals surface area (Å²) < 4.78 is 0. The number of halogens is 1. The first kappa shape index (κ1) is 13.4. The second-order valence-electron chi connectivity index (χ2n) is 5.07. The van der Waals surface area contributed by atoms with Crippen molar-refractivity contribution in [2.75, 3.05) is 13.1 Å². The Morgan fingerprint density at radius 3 is 2.20 bits per heavy atom. The van der Waals surface area contributed by atoms with E-state index >= 15 is 0 Å². The van der Waals surface area contributed by atoms with Gasteiger partial charge in [0.2, 0.25) is 0 Å². The molecule has 1 saturated heterocycles. The molecule has 2 aromatic rings. The van der Waals surface area contributed by atoms with Gasteiger partial charge in [0.15, 0.2) is 0 Å². The summed E-state index contributed by atoms with van der Waals surface area (Å²) in [6.45, 7) is 2.10. The molecular weight excluding hydrogens is 266 g/mol. The van der Waals surface area contributed by atoms with Crippen molar-refractivity contribution >= 4 is 17.2 Å². The second-order valence-corrected chi connectivity index (χ2v) is 5.48. The molecule has 20 heavy (non-hydrogen) atoms. The highest BCUT2D eigenvalue weighted by molar-refractivity contribution is 6.32. The summed E-state index contributed by atoms with van der Waals surface area (Å²) in [5, 5.41) is 4.25. The normalized spacial score (nSPS) is 15.2. The van der Waals surface area contributed by atoms with Crippen molar-refractivity contribution in [3.05, 3.63) is 76.3 Å². The van der Waals surface area contributed by atoms with Crippen LogP contribution in [0.2, 0.25) is 5.02 Å². The predicted molar refractivity (Wildman–Crippen MR) is 86.0 cm³/mol. The maximum atomic E-state index is 6.44. The highest BCUT2D eigenvalue weighted by Gasteiger charge is 2.16. The quantitative estimate of drug-likeness (QED) is 0.854. The van der Waals surface area contributed by atoms with E-state index in [1.165, 1.54) is 16.7 Å². The summed E-state index contributed by atoms with van der Waals surface area (Å²) in [7, 11) is 0. The standard InChI is InChI=1S/C18H18ClN/c19-17-9-5-4-8-16(17)18(14-6-2-1-3-7-14)15-10-12-20-13-11-15/h1-9,20H,10-13H2. The van der Waals surface area contributed by atoms with Crippen molar-refractivity contribution in [3.8, 4) is 0 Å². The van der Waals surface area contributed by atoms with Crippen LogP contribution < -0.4 is 5.32 Å². The van der Waals surface area contributed by atoms with E-state index in [0.717, 1.165) is 36.5 Å². The largest absolute Gasteiger partial charge is 0.316 e. The highest BCUT2D eigenvalue weighted by atomic mass is 35.5. The van der Waals surface area contributed by atoms with Crippen LogP contribution in [0.5, 0.6) is 0 Å². The zero-order valence-corrected chi connectivity index (χ0v) is 12.2. The van der Waals surface area contributed by atoms with Gasteiger partial charge in [-0.15, -0.1) is 0 Å². The van der Waals surface area contributed by atoms with Crippen molar-refractivity contribution < 1.29 is 0 Å². The Morgan fingerprint density at radius 2 is 1.50 bits per heavy atom. The molecule has 3 rings (SSSR count). The molecule has 2 aromatic carbocycles. The summed E-state index contributed by atoms with van der Waals surface area (Å²) >= 11 is 6.44. The van der Waals surface area contributed by atoms with Gasteiger partial charge in [-0.2, -0.15) is 0 Å². The summed E-state index contributed by atoms with van der Waals surface area (Å²) in [5.74, 6) is 0. The topological polar surface area (TPSA) is 12.0 Å². The molecule has 0 amide bonds. The van der Waals surface area contributed by atoms with Gasteiger partial charge >= 0.3 is 0 Å². The van der Waals surface area contributed by atoms with Crippen LogP contribution in [-0.4, -0.2) is 13.1 Å². The van der Waals surface area contributed by atoms with Crippen molar-refractivity contribution in [2.45, 2.75) is 12.8 Å². The van der Waals surface area contributed by atoms with Crippen LogP contribution in [-0.2, 0) is 0 Å². The average Bonchev–Trinajstić information content (AvgIpc) is 2.52. The van der Waals surface area contributed by atoms with Gasteiger partial charge in [0.25, 0.3) is 0 Å². The third-order valence-electron chi connectivity index (χ3n) is 3.77. The molecule has 1 N–H and O–H groups in total. The van der Waals surface area contributed by atoms with E-state index < -0.39 is 0 Å². The third kappa shape index (κ3) is 2.79. The smallest absolute Gasteiger partial charge is 0.0484 e. The van der Waals surface area contributed by atoms with E-state index in [4.69, 9.17) is 11.6 Å². The molecule has 0 radical (unpaired) electrons. The number of nitrogens with one attached hydrogen (secondary N) is 1. The summed E-state index contributed by atoms with van der Waals surface area (Å²) in [4.78, 5) is 0. The van der Waals surface area contributed by atoms with Crippen LogP contribution in [0.25, 0.3) is 5.57 Å². The molecule has 0 saturated carbocycles. The van der Waals surface area contributed by atoms with Crippen LogP contribution in [0.3, 0.4) is 0 Å². The predicted octanol–water partition coefficient (Wildman–Crippen LogP) is 4.53. The minimum absolute atomic E-state index is 0.831. The Hall–Kier alpha value is -1.57. The SMILES string of the molecule is Clc1ccccc1C(=C1CCNCC1)c1ccccc1. The fourth-order valence-corrected chi connectivity index (χ4v) is 3.03. The molecule has 2 heteroatoms. The second kappa shape index (κ2) is 6.25. The molecule has 0 aromatic heterocycles. The number of hydrogen-bond acceptors (Lipinski definition) is 1. The van der Waals surface area contributed by atoms with Crippen LogP contribution in [0, 0.1) is 0 Å².